The first-order valence-electron chi connectivity index (χ1n) is 6.12. The highest BCUT2D eigenvalue weighted by Gasteiger charge is 2.18. The lowest BCUT2D eigenvalue weighted by Crippen LogP contribution is -2.41. The van der Waals surface area contributed by atoms with Crippen molar-refractivity contribution < 1.29 is 13.6 Å². The van der Waals surface area contributed by atoms with Gasteiger partial charge in [-0.1, -0.05) is 12.2 Å². The molecule has 0 saturated carbocycles. The number of nitrogens with two attached hydrogens (primary N) is 1. The molecule has 0 atom stereocenters. The quantitative estimate of drug-likeness (QED) is 0.822. The maximum Gasteiger partial charge on any atom is 0.322 e. The summed E-state index contributed by atoms with van der Waals surface area (Å²) in [5.74, 6) is -1.52. The highest BCUT2D eigenvalue weighted by atomic mass is 32.1. The van der Waals surface area contributed by atoms with Crippen LogP contribution < -0.4 is 11.1 Å². The molecule has 0 fully saturated rings. The number of hydrogen-bond acceptors (Lipinski definition) is 2. The van der Waals surface area contributed by atoms with Crippen LogP contribution in [0.1, 0.15) is 20.3 Å². The molecule has 0 unspecified atom stereocenters. The van der Waals surface area contributed by atoms with Gasteiger partial charge in [0.15, 0.2) is 0 Å². The van der Waals surface area contributed by atoms with E-state index in [0.717, 1.165) is 6.07 Å². The Balaban J connectivity index is 2.77. The van der Waals surface area contributed by atoms with E-state index in [1.165, 1.54) is 11.0 Å². The lowest BCUT2D eigenvalue weighted by molar-refractivity contribution is 0.199. The van der Waals surface area contributed by atoms with Gasteiger partial charge in [0.2, 0.25) is 0 Å². The molecule has 0 radical (unpaired) electrons. The number of amides is 2. The fraction of sp³-hybridized carbons (Fsp3) is 0.385. The molecule has 0 heterocycles. The molecule has 0 bridgehead atoms. The normalized spacial score (nSPS) is 10.4. The SMILES string of the molecule is CC(C)N(CCC(N)=S)C(=O)Nc1ccc(F)cc1F. The van der Waals surface area contributed by atoms with Crippen LogP contribution in [0, 0.1) is 11.6 Å². The number of rotatable bonds is 5. The molecule has 0 aliphatic carbocycles. The second-order valence-electron chi connectivity index (χ2n) is 4.56. The van der Waals surface area contributed by atoms with E-state index in [1.54, 1.807) is 0 Å². The van der Waals surface area contributed by atoms with Crippen molar-refractivity contribution in [2.24, 2.45) is 5.73 Å². The van der Waals surface area contributed by atoms with Crippen LogP contribution in [0.5, 0.6) is 0 Å². The second-order valence-corrected chi connectivity index (χ2v) is 5.08. The predicted octanol–water partition coefficient (Wildman–Crippen LogP) is 2.88. The molecular formula is C13H17F2N3OS. The fourth-order valence-corrected chi connectivity index (χ4v) is 1.69. The number of halogens is 2. The molecule has 4 nitrogen and oxygen atoms in total. The van der Waals surface area contributed by atoms with E-state index in [0.29, 0.717) is 24.0 Å². The van der Waals surface area contributed by atoms with Crippen LogP contribution in [0.4, 0.5) is 19.3 Å². The topological polar surface area (TPSA) is 58.4 Å². The van der Waals surface area contributed by atoms with Crippen LogP contribution in [0.3, 0.4) is 0 Å². The number of nitrogens with one attached hydrogen (secondary N) is 1. The molecule has 3 N–H and O–H groups in total. The summed E-state index contributed by atoms with van der Waals surface area (Å²) in [4.78, 5) is 13.9. The molecular weight excluding hydrogens is 284 g/mol. The monoisotopic (exact) mass is 301 g/mol. The highest BCUT2D eigenvalue weighted by molar-refractivity contribution is 7.80. The number of benzene rings is 1. The highest BCUT2D eigenvalue weighted by Crippen LogP contribution is 2.16. The Morgan fingerprint density at radius 2 is 2.10 bits per heavy atom. The minimum absolute atomic E-state index is 0.0719. The van der Waals surface area contributed by atoms with Crippen LogP contribution in [0.2, 0.25) is 0 Å². The van der Waals surface area contributed by atoms with Gasteiger partial charge in [-0.2, -0.15) is 0 Å². The number of urea groups is 1. The molecule has 1 rings (SSSR count). The summed E-state index contributed by atoms with van der Waals surface area (Å²) >= 11 is 4.77. The third kappa shape index (κ3) is 4.73. The lowest BCUT2D eigenvalue weighted by atomic mass is 10.2. The molecule has 110 valence electrons. The van der Waals surface area contributed by atoms with E-state index >= 15 is 0 Å². The van der Waals surface area contributed by atoms with E-state index in [1.807, 2.05) is 13.8 Å². The Morgan fingerprint density at radius 1 is 1.45 bits per heavy atom. The average Bonchev–Trinajstić information content (AvgIpc) is 2.32. The Kier molecular flexibility index (Phi) is 5.82. The van der Waals surface area contributed by atoms with Crippen molar-refractivity contribution >= 4 is 28.9 Å². The van der Waals surface area contributed by atoms with Crippen LogP contribution in [-0.4, -0.2) is 28.5 Å². The molecule has 0 saturated heterocycles. The van der Waals surface area contributed by atoms with Crippen LogP contribution in [0.15, 0.2) is 18.2 Å². The van der Waals surface area contributed by atoms with Crippen molar-refractivity contribution in [1.82, 2.24) is 4.90 Å². The summed E-state index contributed by atoms with van der Waals surface area (Å²) < 4.78 is 26.3. The molecule has 0 aliphatic rings. The first kappa shape index (κ1) is 16.3. The van der Waals surface area contributed by atoms with Gasteiger partial charge in [0.25, 0.3) is 0 Å². The molecule has 0 aliphatic heterocycles. The number of anilines is 1. The van der Waals surface area contributed by atoms with E-state index in [4.69, 9.17) is 18.0 Å². The first-order valence-corrected chi connectivity index (χ1v) is 6.53. The number of carbonyl (C=O) groups is 1. The van der Waals surface area contributed by atoms with Gasteiger partial charge in [0.1, 0.15) is 11.6 Å². The van der Waals surface area contributed by atoms with Crippen molar-refractivity contribution in [3.8, 4) is 0 Å². The number of hydrogen-bond donors (Lipinski definition) is 2. The van der Waals surface area contributed by atoms with Gasteiger partial charge in [-0.15, -0.1) is 0 Å². The van der Waals surface area contributed by atoms with Crippen molar-refractivity contribution in [3.63, 3.8) is 0 Å². The molecule has 1 aromatic rings. The van der Waals surface area contributed by atoms with Crippen LogP contribution in [-0.2, 0) is 0 Å². The van der Waals surface area contributed by atoms with Gasteiger partial charge in [-0.05, 0) is 26.0 Å². The van der Waals surface area contributed by atoms with Gasteiger partial charge in [-0.3, -0.25) is 0 Å². The van der Waals surface area contributed by atoms with Gasteiger partial charge in [0.05, 0.1) is 10.7 Å². The van der Waals surface area contributed by atoms with E-state index < -0.39 is 17.7 Å². The number of thiocarbonyl (C=S) groups is 1. The Labute approximate surface area is 121 Å². The van der Waals surface area contributed by atoms with Gasteiger partial charge in [0, 0.05) is 25.1 Å². The Hall–Kier alpha value is -1.76. The van der Waals surface area contributed by atoms with E-state index in [2.05, 4.69) is 5.32 Å². The van der Waals surface area contributed by atoms with E-state index in [-0.39, 0.29) is 11.7 Å². The standard InChI is InChI=1S/C13H17F2N3OS/c1-8(2)18(6-5-12(16)20)13(19)17-11-4-3-9(14)7-10(11)15/h3-4,7-8H,5-6H2,1-2H3,(H2,16,20)(H,17,19). The smallest absolute Gasteiger partial charge is 0.322 e. The van der Waals surface area contributed by atoms with Crippen LogP contribution >= 0.6 is 12.2 Å². The van der Waals surface area contributed by atoms with Crippen molar-refractivity contribution in [2.75, 3.05) is 11.9 Å². The number of carbonyl (C=O) groups excluding carboxylic acids is 1. The third-order valence-electron chi connectivity index (χ3n) is 2.66. The fourth-order valence-electron chi connectivity index (χ4n) is 1.60. The Bertz CT molecular complexity index is 508. The summed E-state index contributed by atoms with van der Waals surface area (Å²) in [7, 11) is 0. The van der Waals surface area contributed by atoms with Crippen molar-refractivity contribution in [2.45, 2.75) is 26.3 Å². The maximum absolute atomic E-state index is 13.5. The second kappa shape index (κ2) is 7.14. The maximum atomic E-state index is 13.5. The van der Waals surface area contributed by atoms with Crippen LogP contribution in [0.25, 0.3) is 0 Å². The summed E-state index contributed by atoms with van der Waals surface area (Å²) in [6, 6.07) is 2.38. The molecule has 7 heteroatoms. The number of nitrogens with zero attached hydrogens (tertiary/aromatic N) is 1. The molecule has 20 heavy (non-hydrogen) atoms. The first-order chi connectivity index (χ1) is 9.31. The zero-order valence-corrected chi connectivity index (χ0v) is 12.1. The summed E-state index contributed by atoms with van der Waals surface area (Å²) in [6.07, 6.45) is 0.382. The van der Waals surface area contributed by atoms with Crippen molar-refractivity contribution in [3.05, 3.63) is 29.8 Å². The van der Waals surface area contributed by atoms with Crippen molar-refractivity contribution in [1.29, 1.82) is 0 Å². The molecule has 2 amide bonds. The zero-order valence-electron chi connectivity index (χ0n) is 11.3. The average molecular weight is 301 g/mol. The lowest BCUT2D eigenvalue weighted by Gasteiger charge is -2.26. The molecule has 1 aromatic carbocycles. The summed E-state index contributed by atoms with van der Waals surface area (Å²) in [5.41, 5.74) is 5.33. The molecule has 0 spiro atoms. The van der Waals surface area contributed by atoms with E-state index in [9.17, 15) is 13.6 Å². The minimum atomic E-state index is -0.823. The van der Waals surface area contributed by atoms with Gasteiger partial charge < -0.3 is 16.0 Å². The summed E-state index contributed by atoms with van der Waals surface area (Å²) in [5, 5.41) is 2.40. The third-order valence-corrected chi connectivity index (χ3v) is 2.86. The Morgan fingerprint density at radius 3 is 2.60 bits per heavy atom. The van der Waals surface area contributed by atoms with Gasteiger partial charge in [-0.25, -0.2) is 13.6 Å². The molecule has 0 aromatic heterocycles. The minimum Gasteiger partial charge on any atom is -0.393 e. The predicted molar refractivity (Wildman–Crippen MR) is 78.6 cm³/mol. The van der Waals surface area contributed by atoms with Gasteiger partial charge >= 0.3 is 6.03 Å². The zero-order chi connectivity index (χ0) is 15.3. The summed E-state index contributed by atoms with van der Waals surface area (Å²) in [6.45, 7) is 3.97. The largest absolute Gasteiger partial charge is 0.393 e.